The molecule has 0 aliphatic heterocycles. The number of hydrogen-bond donors (Lipinski definition) is 2. The Labute approximate surface area is 132 Å². The van der Waals surface area contributed by atoms with E-state index in [1.54, 1.807) is 17.7 Å². The number of phenolic OH excluding ortho intramolecular Hbond substituents is 1. The predicted octanol–water partition coefficient (Wildman–Crippen LogP) is 4.69. The van der Waals surface area contributed by atoms with E-state index >= 15 is 0 Å². The van der Waals surface area contributed by atoms with Gasteiger partial charge in [-0.25, -0.2) is 0 Å². The second kappa shape index (κ2) is 4.86. The van der Waals surface area contributed by atoms with Crippen molar-refractivity contribution in [3.63, 3.8) is 0 Å². The van der Waals surface area contributed by atoms with Crippen LogP contribution in [0.2, 0.25) is 0 Å². The highest BCUT2D eigenvalue weighted by molar-refractivity contribution is 5.42. The minimum Gasteiger partial charge on any atom is -0.508 e. The van der Waals surface area contributed by atoms with Gasteiger partial charge in [0.1, 0.15) is 5.75 Å². The van der Waals surface area contributed by atoms with Gasteiger partial charge < -0.3 is 10.2 Å². The monoisotopic (exact) mass is 298 g/mol. The molecule has 2 N–H and O–H groups in total. The first kappa shape index (κ1) is 14.3. The van der Waals surface area contributed by atoms with Crippen molar-refractivity contribution in [2.24, 2.45) is 17.3 Å². The molecule has 1 saturated carbocycles. The molecule has 0 amide bonds. The minimum atomic E-state index is -0.420. The van der Waals surface area contributed by atoms with Crippen molar-refractivity contribution in [2.45, 2.75) is 58.0 Å². The molecule has 2 heteroatoms. The zero-order valence-electron chi connectivity index (χ0n) is 13.5. The van der Waals surface area contributed by atoms with Crippen molar-refractivity contribution in [1.29, 1.82) is 0 Å². The van der Waals surface area contributed by atoms with Crippen LogP contribution in [0, 0.1) is 17.3 Å². The Kier molecular flexibility index (Phi) is 3.16. The van der Waals surface area contributed by atoms with Gasteiger partial charge in [0.05, 0.1) is 6.10 Å². The van der Waals surface area contributed by atoms with Gasteiger partial charge in [-0.3, -0.25) is 0 Å². The summed E-state index contributed by atoms with van der Waals surface area (Å²) in [6, 6.07) is 5.61. The van der Waals surface area contributed by atoms with E-state index in [0.29, 0.717) is 23.2 Å². The first-order valence-electron chi connectivity index (χ1n) is 8.75. The highest BCUT2D eigenvalue weighted by atomic mass is 16.3. The van der Waals surface area contributed by atoms with E-state index in [9.17, 15) is 10.2 Å². The lowest BCUT2D eigenvalue weighted by molar-refractivity contribution is 0.0261. The largest absolute Gasteiger partial charge is 0.508 e. The molecule has 0 bridgehead atoms. The number of phenols is 1. The van der Waals surface area contributed by atoms with Crippen LogP contribution in [0.15, 0.2) is 29.8 Å². The summed E-state index contributed by atoms with van der Waals surface area (Å²) in [5.41, 5.74) is 4.24. The molecule has 4 rings (SSSR count). The quantitative estimate of drug-likeness (QED) is 0.739. The number of hydrogen-bond acceptors (Lipinski definition) is 2. The van der Waals surface area contributed by atoms with Gasteiger partial charge in [-0.1, -0.05) is 31.6 Å². The summed E-state index contributed by atoms with van der Waals surface area (Å²) in [4.78, 5) is 0. The van der Waals surface area contributed by atoms with Gasteiger partial charge >= 0.3 is 0 Å². The van der Waals surface area contributed by atoms with E-state index < -0.39 is 6.10 Å². The molecular weight excluding hydrogens is 272 g/mol. The average molecular weight is 298 g/mol. The van der Waals surface area contributed by atoms with Crippen LogP contribution in [0.4, 0.5) is 0 Å². The van der Waals surface area contributed by atoms with Gasteiger partial charge in [-0.15, -0.1) is 0 Å². The summed E-state index contributed by atoms with van der Waals surface area (Å²) < 4.78 is 0. The normalized spacial score (nSPS) is 39.7. The third-order valence-corrected chi connectivity index (χ3v) is 6.88. The predicted molar refractivity (Wildman–Crippen MR) is 87.7 cm³/mol. The summed E-state index contributed by atoms with van der Waals surface area (Å²) in [5, 5.41) is 20.4. The molecule has 0 spiro atoms. The SMILES string of the molecule is CCC1=CCC2C3CC(O)c4cc(O)ccc4C3CCC12C. The van der Waals surface area contributed by atoms with Crippen LogP contribution in [0.5, 0.6) is 5.75 Å². The Morgan fingerprint density at radius 2 is 2.09 bits per heavy atom. The average Bonchev–Trinajstić information content (AvgIpc) is 2.84. The topological polar surface area (TPSA) is 40.5 Å². The number of rotatable bonds is 1. The molecule has 3 aliphatic rings. The van der Waals surface area contributed by atoms with Gasteiger partial charge in [0.15, 0.2) is 0 Å². The summed E-state index contributed by atoms with van der Waals surface area (Å²) in [7, 11) is 0. The molecule has 118 valence electrons. The number of allylic oxidation sites excluding steroid dienone is 2. The maximum Gasteiger partial charge on any atom is 0.115 e. The highest BCUT2D eigenvalue weighted by Gasteiger charge is 2.52. The van der Waals surface area contributed by atoms with Crippen LogP contribution >= 0.6 is 0 Å². The Balaban J connectivity index is 1.73. The smallest absolute Gasteiger partial charge is 0.115 e. The zero-order valence-corrected chi connectivity index (χ0v) is 13.5. The molecule has 0 heterocycles. The fourth-order valence-corrected chi connectivity index (χ4v) is 5.78. The second-order valence-corrected chi connectivity index (χ2v) is 7.72. The Morgan fingerprint density at radius 1 is 1.27 bits per heavy atom. The van der Waals surface area contributed by atoms with Gasteiger partial charge in [-0.2, -0.15) is 0 Å². The van der Waals surface area contributed by atoms with Crippen LogP contribution in [0.1, 0.15) is 69.1 Å². The van der Waals surface area contributed by atoms with Crippen molar-refractivity contribution in [3.8, 4) is 5.75 Å². The van der Waals surface area contributed by atoms with Crippen LogP contribution in [0.25, 0.3) is 0 Å². The first-order valence-corrected chi connectivity index (χ1v) is 8.75. The van der Waals surface area contributed by atoms with Crippen molar-refractivity contribution in [1.82, 2.24) is 0 Å². The number of aliphatic hydroxyl groups is 1. The number of fused-ring (bicyclic) bond motifs is 5. The molecule has 3 aliphatic carbocycles. The van der Waals surface area contributed by atoms with Crippen LogP contribution < -0.4 is 0 Å². The summed E-state index contributed by atoms with van der Waals surface area (Å²) in [6.45, 7) is 4.73. The van der Waals surface area contributed by atoms with Crippen molar-refractivity contribution < 1.29 is 10.2 Å². The van der Waals surface area contributed by atoms with E-state index in [1.807, 2.05) is 0 Å². The maximum absolute atomic E-state index is 10.6. The zero-order chi connectivity index (χ0) is 15.5. The standard InChI is InChI=1S/C20H26O2/c1-3-12-4-7-18-16-11-19(22)17-10-13(21)5-6-14(17)15(16)8-9-20(12,18)2/h4-6,10,15-16,18-19,21-22H,3,7-9,11H2,1-2H3. The molecule has 0 saturated heterocycles. The number of aliphatic hydroxyl groups excluding tert-OH is 1. The van der Waals surface area contributed by atoms with E-state index in [0.717, 1.165) is 18.4 Å². The molecular formula is C20H26O2. The molecule has 0 radical (unpaired) electrons. The molecule has 1 aromatic carbocycles. The molecule has 0 aromatic heterocycles. The Bertz CT molecular complexity index is 633. The van der Waals surface area contributed by atoms with Crippen molar-refractivity contribution in [2.75, 3.05) is 0 Å². The van der Waals surface area contributed by atoms with Crippen LogP contribution in [-0.4, -0.2) is 10.2 Å². The van der Waals surface area contributed by atoms with E-state index in [4.69, 9.17) is 0 Å². The lowest BCUT2D eigenvalue weighted by atomic mass is 9.54. The van der Waals surface area contributed by atoms with Crippen molar-refractivity contribution >= 4 is 0 Å². The van der Waals surface area contributed by atoms with Gasteiger partial charge in [-0.05, 0) is 78.5 Å². The second-order valence-electron chi connectivity index (χ2n) is 7.72. The number of aromatic hydroxyl groups is 1. The van der Waals surface area contributed by atoms with Crippen LogP contribution in [0.3, 0.4) is 0 Å². The van der Waals surface area contributed by atoms with Gasteiger partial charge in [0, 0.05) is 0 Å². The van der Waals surface area contributed by atoms with Crippen LogP contribution in [-0.2, 0) is 0 Å². The van der Waals surface area contributed by atoms with E-state index in [-0.39, 0.29) is 5.75 Å². The van der Waals surface area contributed by atoms with E-state index in [1.165, 1.54) is 24.8 Å². The lowest BCUT2D eigenvalue weighted by Crippen LogP contribution is -2.41. The van der Waals surface area contributed by atoms with Gasteiger partial charge in [0.2, 0.25) is 0 Å². The lowest BCUT2D eigenvalue weighted by Gasteiger charge is -2.51. The Hall–Kier alpha value is -1.28. The Morgan fingerprint density at radius 3 is 2.86 bits per heavy atom. The fourth-order valence-electron chi connectivity index (χ4n) is 5.78. The third kappa shape index (κ3) is 1.83. The summed E-state index contributed by atoms with van der Waals surface area (Å²) >= 11 is 0. The molecule has 22 heavy (non-hydrogen) atoms. The fraction of sp³-hybridized carbons (Fsp3) is 0.600. The maximum atomic E-state index is 10.6. The van der Waals surface area contributed by atoms with E-state index in [2.05, 4.69) is 26.0 Å². The minimum absolute atomic E-state index is 0.271. The summed E-state index contributed by atoms with van der Waals surface area (Å²) in [5.74, 6) is 2.08. The molecule has 1 fully saturated rings. The molecule has 1 aromatic rings. The third-order valence-electron chi connectivity index (χ3n) is 6.88. The summed E-state index contributed by atoms with van der Waals surface area (Å²) in [6.07, 6.45) is 7.72. The highest BCUT2D eigenvalue weighted by Crippen LogP contribution is 2.62. The van der Waals surface area contributed by atoms with Gasteiger partial charge in [0.25, 0.3) is 0 Å². The number of benzene rings is 1. The first-order chi connectivity index (χ1) is 10.5. The molecule has 5 atom stereocenters. The van der Waals surface area contributed by atoms with Crippen molar-refractivity contribution in [3.05, 3.63) is 41.0 Å². The molecule has 5 unspecified atom stereocenters. The molecule has 2 nitrogen and oxygen atoms in total.